The van der Waals surface area contributed by atoms with Crippen LogP contribution in [0.5, 0.6) is 0 Å². The molecule has 1 fully saturated rings. The van der Waals surface area contributed by atoms with Crippen molar-refractivity contribution in [1.82, 2.24) is 29.0 Å². The van der Waals surface area contributed by atoms with Crippen molar-refractivity contribution >= 4 is 11.7 Å². The third-order valence-corrected chi connectivity index (χ3v) is 5.89. The van der Waals surface area contributed by atoms with Gasteiger partial charge in [0, 0.05) is 44.3 Å². The molecule has 4 aromatic rings. The largest absolute Gasteiger partial charge is 0.416 e. The summed E-state index contributed by atoms with van der Waals surface area (Å²) in [4.78, 5) is 15.5. The first-order valence-electron chi connectivity index (χ1n) is 11.4. The van der Waals surface area contributed by atoms with Crippen LogP contribution in [0.3, 0.4) is 0 Å². The number of anilines is 1. The van der Waals surface area contributed by atoms with Gasteiger partial charge in [0.25, 0.3) is 5.91 Å². The molecule has 0 saturated carbocycles. The Labute approximate surface area is 204 Å². The highest BCUT2D eigenvalue weighted by molar-refractivity contribution is 6.06. The fourth-order valence-electron chi connectivity index (χ4n) is 4.03. The number of benzene rings is 1. The van der Waals surface area contributed by atoms with Crippen LogP contribution in [-0.2, 0) is 17.5 Å². The molecule has 4 heterocycles. The third-order valence-electron chi connectivity index (χ3n) is 5.89. The molecule has 1 amide bonds. The van der Waals surface area contributed by atoms with Crippen molar-refractivity contribution in [2.24, 2.45) is 0 Å². The molecule has 3 aromatic heterocycles. The molecule has 9 nitrogen and oxygen atoms in total. The van der Waals surface area contributed by atoms with Crippen LogP contribution >= 0.6 is 0 Å². The minimum absolute atomic E-state index is 0.181. The summed E-state index contributed by atoms with van der Waals surface area (Å²) in [6, 6.07) is 10.0. The van der Waals surface area contributed by atoms with Gasteiger partial charge in [0.2, 0.25) is 0 Å². The topological polar surface area (TPSA) is 82.1 Å². The zero-order valence-corrected chi connectivity index (χ0v) is 19.2. The molecule has 5 rings (SSSR count). The van der Waals surface area contributed by atoms with Crippen LogP contribution in [0.1, 0.15) is 15.9 Å². The molecule has 0 bridgehead atoms. The quantitative estimate of drug-likeness (QED) is 0.421. The van der Waals surface area contributed by atoms with Gasteiger partial charge in [-0.1, -0.05) is 6.07 Å². The number of hydrogen-bond acceptors (Lipinski definition) is 5. The predicted octanol–water partition coefficient (Wildman–Crippen LogP) is 3.46. The fraction of sp³-hybridized carbons (Fsp3) is 0.292. The summed E-state index contributed by atoms with van der Waals surface area (Å²) in [7, 11) is 0. The smallest absolute Gasteiger partial charge is 0.379 e. The van der Waals surface area contributed by atoms with Crippen LogP contribution in [0.25, 0.3) is 11.5 Å². The van der Waals surface area contributed by atoms with Gasteiger partial charge in [-0.2, -0.15) is 23.4 Å². The van der Waals surface area contributed by atoms with Gasteiger partial charge in [-0.3, -0.25) is 14.4 Å². The number of hydrogen-bond donors (Lipinski definition) is 1. The number of amides is 1. The number of aromatic nitrogens is 5. The van der Waals surface area contributed by atoms with E-state index in [1.54, 1.807) is 46.0 Å². The first kappa shape index (κ1) is 23.8. The van der Waals surface area contributed by atoms with Gasteiger partial charge in [-0.15, -0.1) is 0 Å². The molecule has 36 heavy (non-hydrogen) atoms. The molecular weight excluding hydrogens is 475 g/mol. The first-order chi connectivity index (χ1) is 17.4. The van der Waals surface area contributed by atoms with E-state index in [1.165, 1.54) is 23.0 Å². The SMILES string of the molecule is O=C(Nc1ccn(CCN2CCOCC2)n1)c1cnn(-c2cccc(C(F)(F)F)c2)c1-n1cccc1. The lowest BCUT2D eigenvalue weighted by atomic mass is 10.2. The molecule has 188 valence electrons. The Morgan fingerprint density at radius 3 is 2.56 bits per heavy atom. The van der Waals surface area contributed by atoms with E-state index in [1.807, 2.05) is 0 Å². The number of morpholine rings is 1. The van der Waals surface area contributed by atoms with E-state index < -0.39 is 17.6 Å². The van der Waals surface area contributed by atoms with Crippen LogP contribution in [0.2, 0.25) is 0 Å². The minimum Gasteiger partial charge on any atom is -0.379 e. The lowest BCUT2D eigenvalue weighted by Gasteiger charge is -2.26. The molecule has 0 radical (unpaired) electrons. The zero-order valence-electron chi connectivity index (χ0n) is 19.2. The second-order valence-corrected chi connectivity index (χ2v) is 8.30. The highest BCUT2D eigenvalue weighted by Crippen LogP contribution is 2.31. The van der Waals surface area contributed by atoms with Gasteiger partial charge in [0.05, 0.1) is 37.2 Å². The van der Waals surface area contributed by atoms with Crippen molar-refractivity contribution < 1.29 is 22.7 Å². The maximum absolute atomic E-state index is 13.3. The van der Waals surface area contributed by atoms with Crippen molar-refractivity contribution in [3.63, 3.8) is 0 Å². The number of rotatable bonds is 7. The number of nitrogens with zero attached hydrogens (tertiary/aromatic N) is 6. The Hall–Kier alpha value is -3.90. The van der Waals surface area contributed by atoms with Crippen LogP contribution in [0.4, 0.5) is 19.0 Å². The second kappa shape index (κ2) is 9.99. The molecule has 0 aliphatic carbocycles. The van der Waals surface area contributed by atoms with E-state index in [2.05, 4.69) is 20.4 Å². The van der Waals surface area contributed by atoms with E-state index in [4.69, 9.17) is 4.74 Å². The van der Waals surface area contributed by atoms with Crippen molar-refractivity contribution in [3.8, 4) is 11.5 Å². The molecule has 1 aliphatic rings. The second-order valence-electron chi connectivity index (χ2n) is 8.30. The summed E-state index contributed by atoms with van der Waals surface area (Å²) in [5.74, 6) is 0.200. The molecule has 0 atom stereocenters. The average Bonchev–Trinajstić information content (AvgIpc) is 3.63. The molecule has 1 aromatic carbocycles. The molecular formula is C24H24F3N7O2. The molecule has 12 heteroatoms. The molecule has 1 N–H and O–H groups in total. The van der Waals surface area contributed by atoms with E-state index in [9.17, 15) is 18.0 Å². The van der Waals surface area contributed by atoms with E-state index in [-0.39, 0.29) is 11.3 Å². The van der Waals surface area contributed by atoms with Gasteiger partial charge in [0.1, 0.15) is 5.56 Å². The Morgan fingerprint density at radius 1 is 1.03 bits per heavy atom. The summed E-state index contributed by atoms with van der Waals surface area (Å²) < 4.78 is 49.9. The Morgan fingerprint density at radius 2 is 1.81 bits per heavy atom. The molecule has 1 aliphatic heterocycles. The van der Waals surface area contributed by atoms with Crippen molar-refractivity contribution in [1.29, 1.82) is 0 Å². The maximum Gasteiger partial charge on any atom is 0.416 e. The van der Waals surface area contributed by atoms with Gasteiger partial charge < -0.3 is 14.6 Å². The lowest BCUT2D eigenvalue weighted by molar-refractivity contribution is -0.137. The summed E-state index contributed by atoms with van der Waals surface area (Å²) >= 11 is 0. The van der Waals surface area contributed by atoms with Crippen LogP contribution in [0.15, 0.2) is 67.3 Å². The van der Waals surface area contributed by atoms with Gasteiger partial charge in [0.15, 0.2) is 11.6 Å². The Bertz CT molecular complexity index is 1320. The Kier molecular flexibility index (Phi) is 6.61. The van der Waals surface area contributed by atoms with E-state index in [0.29, 0.717) is 18.2 Å². The highest BCUT2D eigenvalue weighted by Gasteiger charge is 2.31. The summed E-state index contributed by atoms with van der Waals surface area (Å²) in [6.45, 7) is 4.68. The van der Waals surface area contributed by atoms with Crippen LogP contribution in [0, 0.1) is 0 Å². The molecule has 0 unspecified atom stereocenters. The van der Waals surface area contributed by atoms with Gasteiger partial charge in [-0.05, 0) is 30.3 Å². The first-order valence-corrected chi connectivity index (χ1v) is 11.4. The molecule has 0 spiro atoms. The zero-order chi connectivity index (χ0) is 25.1. The summed E-state index contributed by atoms with van der Waals surface area (Å²) in [5, 5.41) is 11.4. The standard InChI is InChI=1S/C24H24F3N7O2/c25-24(26,27)18-4-3-5-19(16-18)34-23(32-7-1-2-8-32)20(17-28-34)22(35)29-21-6-9-33(30-21)11-10-31-12-14-36-15-13-31/h1-9,16-17H,10-15H2,(H,29,30,35). The number of nitrogens with one attached hydrogen (secondary N) is 1. The third kappa shape index (κ3) is 5.19. The predicted molar refractivity (Wildman–Crippen MR) is 125 cm³/mol. The van der Waals surface area contributed by atoms with Crippen LogP contribution in [-0.4, -0.2) is 67.8 Å². The lowest BCUT2D eigenvalue weighted by Crippen LogP contribution is -2.38. The number of carbonyl (C=O) groups excluding carboxylic acids is 1. The average molecular weight is 499 g/mol. The molecule has 1 saturated heterocycles. The number of ether oxygens (including phenoxy) is 1. The minimum atomic E-state index is -4.50. The number of carbonyl (C=O) groups is 1. The van der Waals surface area contributed by atoms with Crippen molar-refractivity contribution in [2.45, 2.75) is 12.7 Å². The monoisotopic (exact) mass is 499 g/mol. The highest BCUT2D eigenvalue weighted by atomic mass is 19.4. The van der Waals surface area contributed by atoms with Crippen LogP contribution < -0.4 is 5.32 Å². The fourth-order valence-corrected chi connectivity index (χ4v) is 4.03. The number of alkyl halides is 3. The van der Waals surface area contributed by atoms with Crippen molar-refractivity contribution in [3.05, 3.63) is 78.4 Å². The van der Waals surface area contributed by atoms with E-state index >= 15 is 0 Å². The summed E-state index contributed by atoms with van der Waals surface area (Å²) in [6.07, 6.45) is 2.00. The maximum atomic E-state index is 13.3. The normalized spacial score (nSPS) is 14.8. The van der Waals surface area contributed by atoms with Crippen molar-refractivity contribution in [2.75, 3.05) is 38.2 Å². The van der Waals surface area contributed by atoms with E-state index in [0.717, 1.165) is 45.0 Å². The number of halogens is 3. The van der Waals surface area contributed by atoms with Gasteiger partial charge >= 0.3 is 6.18 Å². The van der Waals surface area contributed by atoms with Gasteiger partial charge in [-0.25, -0.2) is 4.68 Å². The summed E-state index contributed by atoms with van der Waals surface area (Å²) in [5.41, 5.74) is -0.436. The Balaban J connectivity index is 1.37.